The molecule has 0 atom stereocenters. The first kappa shape index (κ1) is 55.2. The summed E-state index contributed by atoms with van der Waals surface area (Å²) in [7, 11) is 0.445. The summed E-state index contributed by atoms with van der Waals surface area (Å²) in [5, 5.41) is 8.99. The van der Waals surface area contributed by atoms with Crippen molar-refractivity contribution < 1.29 is 110 Å². The molecule has 0 aliphatic heterocycles. The fourth-order valence-corrected chi connectivity index (χ4v) is 7.86. The lowest BCUT2D eigenvalue weighted by atomic mass is 9.12. The van der Waals surface area contributed by atoms with Gasteiger partial charge in [-0.15, -0.1) is 0 Å². The molecule has 0 saturated carbocycles. The standard InChI is InChI=1S/C32H12BF24.C9H12OS/c34-25(35,36)13-1-14(26(37,38)39)6-21(5-13)33(22-7-15(27(40,41)42)2-16(8-22)28(43,44)45,23-9-17(29(46,47)48)3-18(10-23)30(49,50)51)24-11-19(31(52,53)54)4-20(12-24)32(55,56)57;1-11(2)7-8-3-5-9(10)6-4-8/h1-12H;3-6H,7H2,1-2H3/q-1;/p+1. The molecule has 1 N–H and O–H groups in total. The molecule has 5 rings (SSSR count). The van der Waals surface area contributed by atoms with Crippen LogP contribution in [0.5, 0.6) is 5.75 Å². The molecule has 0 spiro atoms. The molecule has 0 aromatic heterocycles. The number of benzene rings is 5. The maximum Gasteiger partial charge on any atom is 0.416 e. The topological polar surface area (TPSA) is 20.2 Å². The van der Waals surface area contributed by atoms with E-state index in [9.17, 15) is 105 Å². The van der Waals surface area contributed by atoms with Gasteiger partial charge in [-0.2, -0.15) is 127 Å². The van der Waals surface area contributed by atoms with Crippen LogP contribution in [0.3, 0.4) is 0 Å². The Morgan fingerprint density at radius 2 is 0.500 bits per heavy atom. The maximum atomic E-state index is 14.2. The van der Waals surface area contributed by atoms with Crippen LogP contribution in [0, 0.1) is 0 Å². The van der Waals surface area contributed by atoms with Gasteiger partial charge in [-0.3, -0.25) is 0 Å². The van der Waals surface area contributed by atoms with Crippen LogP contribution >= 0.6 is 0 Å². The Labute approximate surface area is 369 Å². The summed E-state index contributed by atoms with van der Waals surface area (Å²) in [6, 6.07) is -1.38. The normalized spacial score (nSPS) is 13.7. The van der Waals surface area contributed by atoms with Crippen LogP contribution in [0.15, 0.2) is 97.1 Å². The highest BCUT2D eigenvalue weighted by atomic mass is 32.2. The molecule has 372 valence electrons. The number of phenolic OH excluding ortho intramolecular Hbond substituents is 1. The van der Waals surface area contributed by atoms with E-state index in [0.29, 0.717) is 16.6 Å². The highest BCUT2D eigenvalue weighted by Gasteiger charge is 2.47. The predicted molar refractivity (Wildman–Crippen MR) is 201 cm³/mol. The zero-order valence-corrected chi connectivity index (χ0v) is 34.3. The second kappa shape index (κ2) is 18.5. The molecule has 0 aliphatic carbocycles. The van der Waals surface area contributed by atoms with E-state index in [1.54, 1.807) is 12.1 Å². The minimum absolute atomic E-state index is 0.348. The van der Waals surface area contributed by atoms with Crippen molar-refractivity contribution in [2.45, 2.75) is 55.2 Å². The summed E-state index contributed by atoms with van der Waals surface area (Å²) < 4.78 is 341. The van der Waals surface area contributed by atoms with Crippen LogP contribution in [-0.4, -0.2) is 23.8 Å². The molecule has 0 amide bonds. The zero-order valence-electron chi connectivity index (χ0n) is 33.4. The van der Waals surface area contributed by atoms with Crippen LogP contribution in [0.25, 0.3) is 0 Å². The molecule has 0 bridgehead atoms. The van der Waals surface area contributed by atoms with Gasteiger partial charge in [-0.05, 0) is 47.3 Å². The Morgan fingerprint density at radius 3 is 0.647 bits per heavy atom. The van der Waals surface area contributed by atoms with Crippen molar-refractivity contribution in [2.24, 2.45) is 0 Å². The number of rotatable bonds is 6. The monoisotopic (exact) mass is 1030 g/mol. The lowest BCUT2D eigenvalue weighted by Gasteiger charge is -2.46. The highest BCUT2D eigenvalue weighted by molar-refractivity contribution is 7.94. The number of alkyl halides is 24. The van der Waals surface area contributed by atoms with Gasteiger partial charge in [0.2, 0.25) is 0 Å². The van der Waals surface area contributed by atoms with Crippen LogP contribution in [0.4, 0.5) is 105 Å². The van der Waals surface area contributed by atoms with Crippen molar-refractivity contribution in [1.29, 1.82) is 0 Å². The van der Waals surface area contributed by atoms with Crippen LogP contribution in [0.2, 0.25) is 0 Å². The number of aromatic hydroxyl groups is 1. The molecule has 0 heterocycles. The van der Waals surface area contributed by atoms with Gasteiger partial charge in [0.15, 0.2) is 0 Å². The van der Waals surface area contributed by atoms with Gasteiger partial charge in [0.25, 0.3) is 0 Å². The number of phenols is 1. The number of hydrogen-bond donors (Lipinski definition) is 1. The Morgan fingerprint density at radius 1 is 0.324 bits per heavy atom. The second-order valence-corrected chi connectivity index (χ2v) is 17.3. The smallest absolute Gasteiger partial charge is 0.416 e. The molecule has 68 heavy (non-hydrogen) atoms. The van der Waals surface area contributed by atoms with Gasteiger partial charge in [-0.25, -0.2) is 0 Å². The van der Waals surface area contributed by atoms with E-state index in [4.69, 9.17) is 5.11 Å². The lowest BCUT2D eigenvalue weighted by Crippen LogP contribution is -2.75. The molecule has 27 heteroatoms. The van der Waals surface area contributed by atoms with Gasteiger partial charge in [0, 0.05) is 5.56 Å². The Hall–Kier alpha value is -5.37. The van der Waals surface area contributed by atoms with Crippen molar-refractivity contribution >= 4 is 38.9 Å². The Kier molecular flexibility index (Phi) is 15.0. The van der Waals surface area contributed by atoms with E-state index in [-0.39, 0.29) is 0 Å². The summed E-state index contributed by atoms with van der Waals surface area (Å²) in [6.45, 7) is 0. The van der Waals surface area contributed by atoms with Crippen molar-refractivity contribution in [2.75, 3.05) is 12.5 Å². The van der Waals surface area contributed by atoms with E-state index in [0.717, 1.165) is 5.75 Å². The fraction of sp³-hybridized carbons (Fsp3) is 0.268. The van der Waals surface area contributed by atoms with Crippen LogP contribution in [-0.2, 0) is 66.1 Å². The van der Waals surface area contributed by atoms with E-state index in [2.05, 4.69) is 12.5 Å². The maximum absolute atomic E-state index is 14.2. The molecule has 0 saturated heterocycles. The largest absolute Gasteiger partial charge is 0.508 e. The molecule has 5 aromatic rings. The Balaban J connectivity index is 0.000000802. The number of halogens is 24. The molecule has 0 radical (unpaired) electrons. The van der Waals surface area contributed by atoms with Crippen molar-refractivity contribution in [1.82, 2.24) is 0 Å². The van der Waals surface area contributed by atoms with Crippen molar-refractivity contribution in [3.05, 3.63) is 147 Å². The predicted octanol–water partition coefficient (Wildman–Crippen LogP) is 13.0. The van der Waals surface area contributed by atoms with Gasteiger partial charge < -0.3 is 5.11 Å². The van der Waals surface area contributed by atoms with Gasteiger partial charge in [-0.1, -0.05) is 60.7 Å². The van der Waals surface area contributed by atoms with E-state index in [1.165, 1.54) is 5.56 Å². The third kappa shape index (κ3) is 13.0. The second-order valence-electron chi connectivity index (χ2n) is 15.0. The molecular weight excluding hydrogens is 1010 g/mol. The minimum atomic E-state index is -6.13. The molecule has 0 fully saturated rings. The third-order valence-corrected chi connectivity index (χ3v) is 10.7. The number of hydrogen-bond acceptors (Lipinski definition) is 1. The zero-order chi connectivity index (χ0) is 52.2. The minimum Gasteiger partial charge on any atom is -0.508 e. The Bertz CT molecular complexity index is 2140. The molecule has 0 unspecified atom stereocenters. The summed E-state index contributed by atoms with van der Waals surface area (Å²) in [4.78, 5) is 0. The van der Waals surface area contributed by atoms with E-state index in [1.807, 2.05) is 12.1 Å². The summed E-state index contributed by atoms with van der Waals surface area (Å²) >= 11 is 0. The van der Waals surface area contributed by atoms with E-state index < -0.39 is 195 Å². The summed E-state index contributed by atoms with van der Waals surface area (Å²) in [5.74, 6) is 1.46. The first-order chi connectivity index (χ1) is 30.4. The quantitative estimate of drug-likeness (QED) is 0.102. The average molecular weight is 1030 g/mol. The SMILES string of the molecule is C[S+](C)Cc1ccc(O)cc1.FC(F)(F)c1cc([B-](c2cc(C(F)(F)F)cc(C(F)(F)F)c2)(c2cc(C(F)(F)F)cc(C(F)(F)F)c2)c2cc(C(F)(F)F)cc(C(F)(F)F)c2)cc(C(F)(F)F)c1. The van der Waals surface area contributed by atoms with Gasteiger partial charge >= 0.3 is 49.4 Å². The first-order valence-electron chi connectivity index (χ1n) is 18.1. The lowest BCUT2D eigenvalue weighted by molar-refractivity contribution is -0.144. The molecule has 5 aromatic carbocycles. The van der Waals surface area contributed by atoms with Crippen molar-refractivity contribution in [3.63, 3.8) is 0 Å². The van der Waals surface area contributed by atoms with Gasteiger partial charge in [0.1, 0.15) is 17.6 Å². The molecule has 1 nitrogen and oxygen atoms in total. The highest BCUT2D eigenvalue weighted by Crippen LogP contribution is 2.41. The fourth-order valence-electron chi connectivity index (χ4n) is 7.00. The van der Waals surface area contributed by atoms with Crippen LogP contribution < -0.4 is 21.9 Å². The molecule has 0 aliphatic rings. The van der Waals surface area contributed by atoms with E-state index >= 15 is 0 Å². The van der Waals surface area contributed by atoms with Gasteiger partial charge in [0.05, 0.1) is 57.0 Å². The first-order valence-corrected chi connectivity index (χ1v) is 20.3. The summed E-state index contributed by atoms with van der Waals surface area (Å²) in [6.07, 6.45) is -50.4. The summed E-state index contributed by atoms with van der Waals surface area (Å²) in [5.41, 5.74) is -28.9. The van der Waals surface area contributed by atoms with Crippen LogP contribution in [0.1, 0.15) is 50.1 Å². The third-order valence-electron chi connectivity index (χ3n) is 9.83. The average Bonchev–Trinajstić information content (AvgIpc) is 3.16. The van der Waals surface area contributed by atoms with Crippen molar-refractivity contribution in [3.8, 4) is 5.75 Å². The molecular formula is C41H25BF24OS.